The fourth-order valence-electron chi connectivity index (χ4n) is 13.7. The van der Waals surface area contributed by atoms with Crippen LogP contribution in [0, 0.1) is 20.9 Å². The van der Waals surface area contributed by atoms with E-state index in [2.05, 4.69) is 145 Å². The Morgan fingerprint density at radius 1 is 0.450 bits per heavy atom. The third-order valence-electron chi connectivity index (χ3n) is 16.4. The largest absolute Gasteiger partial charge is 0.457 e. The molecule has 0 aliphatic carbocycles. The topological polar surface area (TPSA) is 99.0 Å². The summed E-state index contributed by atoms with van der Waals surface area (Å²) in [6.07, 6.45) is 1.95. The number of nitro benzene ring substituents is 1. The SMILES string of the molecule is CC(C)c1cccc(C(C)C)c1N1C(=O)c2cc(Oc3ccc(C(C)(C)CC(C)(C)C)cc3)c3c4cccc5c(-c6cccc7c([N+](=O)[O-])cccc67)ccc(c6c(Oc7ccc(C(C)(C)CC(C)(C)C)cc7)cc(c2c36)C1=O)c54. The molecule has 10 aromatic rings. The van der Waals surface area contributed by atoms with Crippen molar-refractivity contribution >= 4 is 77.1 Å². The minimum absolute atomic E-state index is 0.00239. The molecule has 8 heteroatoms. The van der Waals surface area contributed by atoms with Gasteiger partial charge in [0.25, 0.3) is 17.5 Å². The van der Waals surface area contributed by atoms with Gasteiger partial charge in [0.1, 0.15) is 23.0 Å². The van der Waals surface area contributed by atoms with E-state index in [-0.39, 0.29) is 44.1 Å². The number of rotatable bonds is 13. The first-order chi connectivity index (χ1) is 37.7. The Morgan fingerprint density at radius 3 is 1.36 bits per heavy atom. The number of ether oxygens (including phenoxy) is 2. The number of amides is 2. The molecular formula is C72H72N2O6. The van der Waals surface area contributed by atoms with E-state index in [9.17, 15) is 10.1 Å². The van der Waals surface area contributed by atoms with Crippen LogP contribution >= 0.6 is 0 Å². The highest BCUT2D eigenvalue weighted by Crippen LogP contribution is 2.54. The van der Waals surface area contributed by atoms with Crippen molar-refractivity contribution in [2.24, 2.45) is 10.8 Å². The summed E-state index contributed by atoms with van der Waals surface area (Å²) in [5, 5.41) is 19.9. The summed E-state index contributed by atoms with van der Waals surface area (Å²) in [7, 11) is 0. The van der Waals surface area contributed by atoms with Gasteiger partial charge in [-0.3, -0.25) is 19.7 Å². The molecule has 0 aromatic heterocycles. The summed E-state index contributed by atoms with van der Waals surface area (Å²) in [4.78, 5) is 45.3. The highest BCUT2D eigenvalue weighted by molar-refractivity contribution is 6.44. The second-order valence-corrected chi connectivity index (χ2v) is 26.7. The summed E-state index contributed by atoms with van der Waals surface area (Å²) >= 11 is 0. The summed E-state index contributed by atoms with van der Waals surface area (Å²) < 4.78 is 14.5. The number of fused-ring (bicyclic) bond motifs is 3. The van der Waals surface area contributed by atoms with Gasteiger partial charge in [-0.2, -0.15) is 0 Å². The van der Waals surface area contributed by atoms with Gasteiger partial charge >= 0.3 is 0 Å². The number of hydrogen-bond acceptors (Lipinski definition) is 6. The molecule has 2 amide bonds. The monoisotopic (exact) mass is 1060 g/mol. The predicted octanol–water partition coefficient (Wildman–Crippen LogP) is 20.5. The molecular weight excluding hydrogens is 989 g/mol. The van der Waals surface area contributed by atoms with Crippen LogP contribution in [-0.2, 0) is 10.8 Å². The van der Waals surface area contributed by atoms with Crippen molar-refractivity contribution in [1.82, 2.24) is 0 Å². The zero-order valence-corrected chi connectivity index (χ0v) is 48.8. The van der Waals surface area contributed by atoms with Gasteiger partial charge in [0.2, 0.25) is 0 Å². The average molecular weight is 1060 g/mol. The number of carbonyl (C=O) groups excluding carboxylic acids is 2. The van der Waals surface area contributed by atoms with Gasteiger partial charge in [0.15, 0.2) is 0 Å². The second-order valence-electron chi connectivity index (χ2n) is 26.7. The first-order valence-corrected chi connectivity index (χ1v) is 28.2. The van der Waals surface area contributed by atoms with Crippen LogP contribution in [0.1, 0.15) is 165 Å². The maximum Gasteiger partial charge on any atom is 0.277 e. The molecule has 8 nitrogen and oxygen atoms in total. The van der Waals surface area contributed by atoms with Crippen LogP contribution in [0.15, 0.2) is 146 Å². The molecule has 1 heterocycles. The highest BCUT2D eigenvalue weighted by Gasteiger charge is 2.41. The number of non-ortho nitro benzene ring substituents is 1. The Hall–Kier alpha value is -8.10. The average Bonchev–Trinajstić information content (AvgIpc) is 3.54. The van der Waals surface area contributed by atoms with E-state index in [1.54, 1.807) is 18.2 Å². The molecule has 1 aliphatic rings. The Kier molecular flexibility index (Phi) is 13.0. The molecule has 10 aromatic carbocycles. The summed E-state index contributed by atoms with van der Waals surface area (Å²) in [6.45, 7) is 31.1. The van der Waals surface area contributed by atoms with Crippen molar-refractivity contribution in [2.45, 2.75) is 132 Å². The Morgan fingerprint density at radius 2 is 0.875 bits per heavy atom. The van der Waals surface area contributed by atoms with Gasteiger partial charge < -0.3 is 9.47 Å². The molecule has 0 unspecified atom stereocenters. The lowest BCUT2D eigenvalue weighted by Gasteiger charge is -2.34. The van der Waals surface area contributed by atoms with Crippen molar-refractivity contribution in [1.29, 1.82) is 0 Å². The number of imide groups is 1. The van der Waals surface area contributed by atoms with Crippen LogP contribution in [-0.4, -0.2) is 16.7 Å². The van der Waals surface area contributed by atoms with Crippen molar-refractivity contribution < 1.29 is 24.0 Å². The van der Waals surface area contributed by atoms with Crippen LogP contribution in [0.2, 0.25) is 0 Å². The third-order valence-corrected chi connectivity index (χ3v) is 16.4. The van der Waals surface area contributed by atoms with Gasteiger partial charge in [-0.15, -0.1) is 0 Å². The number of anilines is 1. The van der Waals surface area contributed by atoms with Crippen molar-refractivity contribution in [3.8, 4) is 34.1 Å². The molecule has 0 spiro atoms. The molecule has 0 fully saturated rings. The maximum atomic E-state index is 15.9. The number of para-hydroxylation sites is 1. The number of benzene rings is 10. The zero-order valence-electron chi connectivity index (χ0n) is 48.8. The molecule has 1 aliphatic heterocycles. The van der Waals surface area contributed by atoms with E-state index in [1.165, 1.54) is 16.0 Å². The number of nitro groups is 1. The smallest absolute Gasteiger partial charge is 0.277 e. The number of hydrogen-bond donors (Lipinski definition) is 0. The van der Waals surface area contributed by atoms with Gasteiger partial charge in [-0.25, -0.2) is 4.90 Å². The van der Waals surface area contributed by atoms with Crippen LogP contribution in [0.25, 0.3) is 65.0 Å². The van der Waals surface area contributed by atoms with E-state index in [0.717, 1.165) is 72.8 Å². The van der Waals surface area contributed by atoms with E-state index in [0.29, 0.717) is 56.0 Å². The van der Waals surface area contributed by atoms with Gasteiger partial charge in [-0.05, 0) is 149 Å². The molecule has 0 saturated carbocycles. The minimum Gasteiger partial charge on any atom is -0.457 e. The molecule has 406 valence electrons. The first kappa shape index (κ1) is 53.9. The molecule has 0 radical (unpaired) electrons. The summed E-state index contributed by atoms with van der Waals surface area (Å²) in [6, 6.07) is 47.7. The van der Waals surface area contributed by atoms with Crippen molar-refractivity contribution in [2.75, 3.05) is 4.90 Å². The van der Waals surface area contributed by atoms with Crippen molar-refractivity contribution in [3.05, 3.63) is 189 Å². The van der Waals surface area contributed by atoms with Crippen LogP contribution in [0.5, 0.6) is 23.0 Å². The Bertz CT molecular complexity index is 3980. The minimum atomic E-state index is -0.425. The molecule has 80 heavy (non-hydrogen) atoms. The Labute approximate surface area is 470 Å². The number of carbonyl (C=O) groups is 2. The van der Waals surface area contributed by atoms with Crippen LogP contribution < -0.4 is 14.4 Å². The first-order valence-electron chi connectivity index (χ1n) is 28.2. The van der Waals surface area contributed by atoms with Gasteiger partial charge in [0, 0.05) is 27.6 Å². The van der Waals surface area contributed by atoms with Gasteiger partial charge in [0.05, 0.1) is 27.1 Å². The highest BCUT2D eigenvalue weighted by atomic mass is 16.6. The molecule has 11 rings (SSSR count). The van der Waals surface area contributed by atoms with Crippen LogP contribution in [0.4, 0.5) is 11.4 Å². The van der Waals surface area contributed by atoms with E-state index < -0.39 is 11.8 Å². The standard InChI is InChI=1S/C72H72N2O6/c1-41(2)47-19-15-20-48(42(3)4)66(47)73-67(75)56-37-59(79-45-31-27-43(28-32-45)71(11,12)39-69(5,6)7)63-54-25-17-24-53-51(49-21-16-23-52-50(49)22-18-26-58(52)74(77)78)35-36-55(61(53)54)64-60(38-57(68(73)76)62(56)65(63)64)80-46-33-29-44(30-34-46)72(13,14)40-70(8,9)10/h15-38,41-42H,39-40H2,1-14H3. The molecule has 0 bridgehead atoms. The fraction of sp³-hybridized carbons (Fsp3) is 0.306. The van der Waals surface area contributed by atoms with E-state index in [1.807, 2.05) is 78.9 Å². The normalized spacial score (nSPS) is 13.6. The number of nitrogens with zero attached hydrogens (tertiary/aromatic N) is 2. The lowest BCUT2D eigenvalue weighted by Crippen LogP contribution is -2.42. The Balaban J connectivity index is 1.24. The predicted molar refractivity (Wildman–Crippen MR) is 330 cm³/mol. The summed E-state index contributed by atoms with van der Waals surface area (Å²) in [5.41, 5.74) is 7.27. The molecule has 0 saturated heterocycles. The second kappa shape index (κ2) is 19.3. The zero-order chi connectivity index (χ0) is 57.1. The quantitative estimate of drug-likeness (QED) is 0.0375. The third kappa shape index (κ3) is 9.30. The lowest BCUT2D eigenvalue weighted by atomic mass is 9.72. The molecule has 0 N–H and O–H groups in total. The van der Waals surface area contributed by atoms with Crippen LogP contribution in [0.3, 0.4) is 0 Å². The lowest BCUT2D eigenvalue weighted by molar-refractivity contribution is -0.383. The summed E-state index contributed by atoms with van der Waals surface area (Å²) in [5.74, 6) is 1.25. The maximum absolute atomic E-state index is 15.9. The van der Waals surface area contributed by atoms with E-state index >= 15 is 9.59 Å². The van der Waals surface area contributed by atoms with Gasteiger partial charge in [-0.1, -0.05) is 194 Å². The van der Waals surface area contributed by atoms with Crippen molar-refractivity contribution in [3.63, 3.8) is 0 Å². The van der Waals surface area contributed by atoms with E-state index in [4.69, 9.17) is 9.47 Å². The fourth-order valence-corrected chi connectivity index (χ4v) is 13.7. The molecule has 0 atom stereocenters.